The summed E-state index contributed by atoms with van der Waals surface area (Å²) in [5.74, 6) is -3.01. The summed E-state index contributed by atoms with van der Waals surface area (Å²) >= 11 is 0. The van der Waals surface area contributed by atoms with Crippen molar-refractivity contribution in [1.29, 1.82) is 0 Å². The van der Waals surface area contributed by atoms with Gasteiger partial charge in [-0.15, -0.1) is 0 Å². The summed E-state index contributed by atoms with van der Waals surface area (Å²) in [7, 11) is 0. The number of nitrogens with zero attached hydrogens (tertiary/aromatic N) is 1. The van der Waals surface area contributed by atoms with Crippen molar-refractivity contribution in [3.63, 3.8) is 0 Å². The molecule has 0 fully saturated rings. The van der Waals surface area contributed by atoms with Crippen LogP contribution >= 0.6 is 0 Å². The van der Waals surface area contributed by atoms with Crippen LogP contribution in [0.3, 0.4) is 0 Å². The number of carbonyl (C=O) groups is 4. The first kappa shape index (κ1) is 20.6. The maximum absolute atomic E-state index is 12.2. The maximum Gasteiger partial charge on any atom is 0.344 e. The van der Waals surface area contributed by atoms with Crippen molar-refractivity contribution in [2.24, 2.45) is 0 Å². The van der Waals surface area contributed by atoms with E-state index in [0.717, 1.165) is 12.4 Å². The summed E-state index contributed by atoms with van der Waals surface area (Å²) in [4.78, 5) is 47.9. The lowest BCUT2D eigenvalue weighted by molar-refractivity contribution is -0.605. The Bertz CT molecular complexity index is 914. The fourth-order valence-electron chi connectivity index (χ4n) is 2.38. The molecule has 0 aromatic carbocycles. The standard InChI is InChI=1S/C18H18N2O8/c1-4-26-18(24)15-14(10(2)21)11(3)28-16(15)19-13(22)9-27-17(23)12-5-7-20(25)8-6-12/h5-8H,4,9H2,1-3H3,(H,19,22). The number of hydrogen-bond donors (Lipinski definition) is 1. The molecule has 0 radical (unpaired) electrons. The first-order valence-corrected chi connectivity index (χ1v) is 8.21. The van der Waals surface area contributed by atoms with Gasteiger partial charge in [-0.3, -0.25) is 14.9 Å². The monoisotopic (exact) mass is 390 g/mol. The highest BCUT2D eigenvalue weighted by atomic mass is 16.5. The van der Waals surface area contributed by atoms with Crippen molar-refractivity contribution >= 4 is 29.5 Å². The molecule has 0 aliphatic rings. The first-order valence-electron chi connectivity index (χ1n) is 8.21. The summed E-state index contributed by atoms with van der Waals surface area (Å²) < 4.78 is 15.6. The van der Waals surface area contributed by atoms with E-state index in [1.54, 1.807) is 6.92 Å². The number of carbonyl (C=O) groups excluding carboxylic acids is 4. The summed E-state index contributed by atoms with van der Waals surface area (Å²) in [5.41, 5.74) is -0.115. The molecule has 0 atom stereocenters. The summed E-state index contributed by atoms with van der Waals surface area (Å²) in [6.07, 6.45) is 2.22. The third-order valence-corrected chi connectivity index (χ3v) is 3.54. The number of nitrogens with one attached hydrogen (secondary N) is 1. The maximum atomic E-state index is 12.2. The Morgan fingerprint density at radius 1 is 1.11 bits per heavy atom. The second-order valence-electron chi connectivity index (χ2n) is 5.59. The van der Waals surface area contributed by atoms with E-state index in [1.807, 2.05) is 0 Å². The number of ether oxygens (including phenoxy) is 2. The van der Waals surface area contributed by atoms with Gasteiger partial charge in [0.2, 0.25) is 5.88 Å². The van der Waals surface area contributed by atoms with Crippen LogP contribution in [0.5, 0.6) is 0 Å². The Morgan fingerprint density at radius 2 is 1.75 bits per heavy atom. The average Bonchev–Trinajstić information content (AvgIpc) is 2.96. The zero-order valence-corrected chi connectivity index (χ0v) is 15.4. The molecule has 28 heavy (non-hydrogen) atoms. The van der Waals surface area contributed by atoms with E-state index in [4.69, 9.17) is 13.9 Å². The van der Waals surface area contributed by atoms with E-state index in [9.17, 15) is 24.4 Å². The fourth-order valence-corrected chi connectivity index (χ4v) is 2.38. The number of amides is 1. The topological polar surface area (TPSA) is 139 Å². The highest BCUT2D eigenvalue weighted by molar-refractivity contribution is 6.10. The van der Waals surface area contributed by atoms with Crippen molar-refractivity contribution in [3.8, 4) is 0 Å². The van der Waals surface area contributed by atoms with E-state index in [2.05, 4.69) is 5.32 Å². The van der Waals surface area contributed by atoms with Crippen molar-refractivity contribution in [3.05, 3.63) is 52.2 Å². The molecule has 1 amide bonds. The molecule has 0 spiro atoms. The van der Waals surface area contributed by atoms with Crippen LogP contribution in [0.1, 0.15) is 50.7 Å². The van der Waals surface area contributed by atoms with Crippen LogP contribution in [-0.4, -0.2) is 36.8 Å². The number of furan rings is 1. The van der Waals surface area contributed by atoms with Crippen molar-refractivity contribution < 1.29 is 37.8 Å². The third kappa shape index (κ3) is 4.72. The van der Waals surface area contributed by atoms with Crippen molar-refractivity contribution in [2.75, 3.05) is 18.5 Å². The quantitative estimate of drug-likeness (QED) is 0.324. The molecule has 0 unspecified atom stereocenters. The summed E-state index contributed by atoms with van der Waals surface area (Å²) in [6, 6.07) is 2.47. The molecule has 10 heteroatoms. The van der Waals surface area contributed by atoms with Crippen LogP contribution in [0.15, 0.2) is 28.9 Å². The third-order valence-electron chi connectivity index (χ3n) is 3.54. The van der Waals surface area contributed by atoms with Crippen LogP contribution in [0, 0.1) is 12.1 Å². The van der Waals surface area contributed by atoms with Crippen LogP contribution in [-0.2, 0) is 14.3 Å². The van der Waals surface area contributed by atoms with Gasteiger partial charge in [-0.05, 0) is 20.8 Å². The molecule has 0 aliphatic heterocycles. The summed E-state index contributed by atoms with van der Waals surface area (Å²) in [6.45, 7) is 3.69. The van der Waals surface area contributed by atoms with Gasteiger partial charge in [-0.25, -0.2) is 9.59 Å². The number of hydrogen-bond acceptors (Lipinski definition) is 8. The SMILES string of the molecule is CCOC(=O)c1c(NC(=O)COC(=O)c2cc[n+]([O-])cc2)oc(C)c1C(C)=O. The van der Waals surface area contributed by atoms with E-state index in [1.165, 1.54) is 26.0 Å². The predicted molar refractivity (Wildman–Crippen MR) is 93.7 cm³/mol. The Labute approximate surface area is 159 Å². The molecule has 148 valence electrons. The van der Waals surface area contributed by atoms with Gasteiger partial charge in [0.25, 0.3) is 5.91 Å². The Kier molecular flexibility index (Phi) is 6.48. The molecule has 2 aromatic rings. The minimum atomic E-state index is -0.827. The molecule has 0 aliphatic carbocycles. The molecule has 10 nitrogen and oxygen atoms in total. The zero-order chi connectivity index (χ0) is 20.8. The molecule has 1 N–H and O–H groups in total. The molecule has 0 saturated carbocycles. The number of Topliss-reactive ketones (excluding diaryl/α,β-unsaturated/α-hetero) is 1. The first-order chi connectivity index (χ1) is 13.2. The Morgan fingerprint density at radius 3 is 2.32 bits per heavy atom. The molecule has 0 saturated heterocycles. The van der Waals surface area contributed by atoms with Crippen LogP contribution in [0.2, 0.25) is 0 Å². The van der Waals surface area contributed by atoms with Gasteiger partial charge in [-0.1, -0.05) is 0 Å². The van der Waals surface area contributed by atoms with Gasteiger partial charge in [0, 0.05) is 12.1 Å². The molecule has 2 aromatic heterocycles. The number of ketones is 1. The average molecular weight is 390 g/mol. The number of esters is 2. The number of rotatable bonds is 7. The van der Waals surface area contributed by atoms with Gasteiger partial charge >= 0.3 is 11.9 Å². The Hall–Kier alpha value is -3.69. The van der Waals surface area contributed by atoms with E-state index in [-0.39, 0.29) is 34.9 Å². The van der Waals surface area contributed by atoms with Gasteiger partial charge in [0.15, 0.2) is 24.8 Å². The number of anilines is 1. The smallest absolute Gasteiger partial charge is 0.344 e. The second-order valence-corrected chi connectivity index (χ2v) is 5.59. The number of aromatic nitrogens is 1. The zero-order valence-electron chi connectivity index (χ0n) is 15.4. The lowest BCUT2D eigenvalue weighted by atomic mass is 10.1. The second kappa shape index (κ2) is 8.80. The van der Waals surface area contributed by atoms with Gasteiger partial charge < -0.3 is 19.1 Å². The normalized spacial score (nSPS) is 10.2. The minimum absolute atomic E-state index is 0.000877. The van der Waals surface area contributed by atoms with Crippen LogP contribution < -0.4 is 10.0 Å². The van der Waals surface area contributed by atoms with Crippen LogP contribution in [0.4, 0.5) is 5.88 Å². The van der Waals surface area contributed by atoms with E-state index in [0.29, 0.717) is 4.73 Å². The van der Waals surface area contributed by atoms with E-state index < -0.39 is 30.2 Å². The van der Waals surface area contributed by atoms with Crippen LogP contribution in [0.25, 0.3) is 0 Å². The lowest BCUT2D eigenvalue weighted by Gasteiger charge is -2.07. The number of aryl methyl sites for hydroxylation is 1. The van der Waals surface area contributed by atoms with Gasteiger partial charge in [0.05, 0.1) is 17.7 Å². The molecular weight excluding hydrogens is 372 g/mol. The Balaban J connectivity index is 2.11. The molecule has 2 rings (SSSR count). The predicted octanol–water partition coefficient (Wildman–Crippen LogP) is 1.40. The molecule has 2 heterocycles. The van der Waals surface area contributed by atoms with Gasteiger partial charge in [0.1, 0.15) is 11.3 Å². The lowest BCUT2D eigenvalue weighted by Crippen LogP contribution is -2.25. The highest BCUT2D eigenvalue weighted by Gasteiger charge is 2.28. The number of pyridine rings is 1. The highest BCUT2D eigenvalue weighted by Crippen LogP contribution is 2.28. The molecule has 0 bridgehead atoms. The minimum Gasteiger partial charge on any atom is -0.619 e. The molecular formula is C18H18N2O8. The summed E-state index contributed by atoms with van der Waals surface area (Å²) in [5, 5.41) is 13.2. The largest absolute Gasteiger partial charge is 0.619 e. The van der Waals surface area contributed by atoms with E-state index >= 15 is 0 Å². The van der Waals surface area contributed by atoms with Gasteiger partial charge in [-0.2, -0.15) is 4.73 Å². The van der Waals surface area contributed by atoms with Crippen molar-refractivity contribution in [2.45, 2.75) is 20.8 Å². The van der Waals surface area contributed by atoms with Crippen molar-refractivity contribution in [1.82, 2.24) is 0 Å². The fraction of sp³-hybridized carbons (Fsp3) is 0.278.